The maximum Gasteiger partial charge on any atom is 0.127 e. The number of halogens is 1. The lowest BCUT2D eigenvalue weighted by Gasteiger charge is -2.22. The minimum absolute atomic E-state index is 0.0920. The molecule has 0 aromatic heterocycles. The monoisotopic (exact) mass is 245 g/mol. The predicted octanol–water partition coefficient (Wildman–Crippen LogP) is 3.69. The van der Waals surface area contributed by atoms with Crippen LogP contribution in [0.3, 0.4) is 0 Å². The minimum Gasteiger partial charge on any atom is -0.310 e. The largest absolute Gasteiger partial charge is 0.310 e. The fraction of sp³-hybridized carbons (Fsp3) is 0.500. The highest BCUT2D eigenvalue weighted by Gasteiger charge is 2.35. The van der Waals surface area contributed by atoms with Gasteiger partial charge in [-0.1, -0.05) is 30.4 Å². The molecular formula is C16H20FN. The second kappa shape index (κ2) is 4.85. The second-order valence-corrected chi connectivity index (χ2v) is 5.69. The summed E-state index contributed by atoms with van der Waals surface area (Å²) < 4.78 is 13.6. The van der Waals surface area contributed by atoms with Crippen molar-refractivity contribution in [1.82, 2.24) is 5.32 Å². The van der Waals surface area contributed by atoms with Crippen molar-refractivity contribution in [3.8, 4) is 0 Å². The summed E-state index contributed by atoms with van der Waals surface area (Å²) in [5.41, 5.74) is 0.774. The average molecular weight is 245 g/mol. The Labute approximate surface area is 108 Å². The van der Waals surface area contributed by atoms with Crippen LogP contribution < -0.4 is 5.32 Å². The Hall–Kier alpha value is -1.15. The molecule has 0 radical (unpaired) electrons. The molecule has 18 heavy (non-hydrogen) atoms. The van der Waals surface area contributed by atoms with Crippen LogP contribution in [-0.2, 0) is 0 Å². The highest BCUT2D eigenvalue weighted by Crippen LogP contribution is 2.43. The molecule has 1 nitrogen and oxygen atoms in total. The average Bonchev–Trinajstić information content (AvgIpc) is 2.98. The first-order valence-electron chi connectivity index (χ1n) is 6.90. The second-order valence-electron chi connectivity index (χ2n) is 5.69. The van der Waals surface area contributed by atoms with Crippen LogP contribution >= 0.6 is 0 Å². The van der Waals surface area contributed by atoms with Crippen molar-refractivity contribution < 1.29 is 4.39 Å². The molecule has 0 aliphatic heterocycles. The maximum atomic E-state index is 13.6. The van der Waals surface area contributed by atoms with Crippen LogP contribution in [0.25, 0.3) is 0 Å². The maximum absolute atomic E-state index is 13.6. The van der Waals surface area contributed by atoms with E-state index < -0.39 is 0 Å². The number of fused-ring (bicyclic) bond motifs is 2. The zero-order chi connectivity index (χ0) is 12.5. The van der Waals surface area contributed by atoms with Gasteiger partial charge in [0.25, 0.3) is 0 Å². The lowest BCUT2D eigenvalue weighted by atomic mass is 9.93. The Bertz CT molecular complexity index is 454. The van der Waals surface area contributed by atoms with E-state index in [1.807, 2.05) is 19.1 Å². The zero-order valence-electron chi connectivity index (χ0n) is 10.8. The first-order chi connectivity index (χ1) is 8.74. The van der Waals surface area contributed by atoms with Crippen LogP contribution in [0.15, 0.2) is 36.4 Å². The van der Waals surface area contributed by atoms with Crippen molar-refractivity contribution in [3.05, 3.63) is 47.8 Å². The predicted molar refractivity (Wildman–Crippen MR) is 71.7 cm³/mol. The Morgan fingerprint density at radius 3 is 2.78 bits per heavy atom. The van der Waals surface area contributed by atoms with Crippen LogP contribution in [-0.4, -0.2) is 6.54 Å². The van der Waals surface area contributed by atoms with E-state index in [9.17, 15) is 4.39 Å². The summed E-state index contributed by atoms with van der Waals surface area (Å²) in [6.07, 6.45) is 7.37. The van der Waals surface area contributed by atoms with Crippen LogP contribution in [0.1, 0.15) is 31.4 Å². The van der Waals surface area contributed by atoms with Crippen molar-refractivity contribution in [3.63, 3.8) is 0 Å². The molecule has 0 spiro atoms. The molecule has 1 saturated carbocycles. The van der Waals surface area contributed by atoms with Gasteiger partial charge in [-0.15, -0.1) is 0 Å². The van der Waals surface area contributed by atoms with Gasteiger partial charge in [-0.3, -0.25) is 0 Å². The molecule has 1 aromatic rings. The minimum atomic E-state index is -0.106. The van der Waals surface area contributed by atoms with E-state index in [2.05, 4.69) is 17.5 Å². The smallest absolute Gasteiger partial charge is 0.127 e. The van der Waals surface area contributed by atoms with Gasteiger partial charge in [-0.2, -0.15) is 0 Å². The standard InChI is InChI=1S/C16H20FN/c1-11(15-4-2-3-5-16(15)17)18-10-14-9-12-6-7-13(14)8-12/h2-7,11-14,18H,8-10H2,1H3. The Morgan fingerprint density at radius 2 is 2.11 bits per heavy atom. The SMILES string of the molecule is CC(NCC1CC2C=CC1C2)c1ccccc1F. The van der Waals surface area contributed by atoms with Crippen molar-refractivity contribution >= 4 is 0 Å². The number of benzene rings is 1. The number of hydrogen-bond donors (Lipinski definition) is 1. The lowest BCUT2D eigenvalue weighted by molar-refractivity contribution is 0.389. The third-order valence-corrected chi connectivity index (χ3v) is 4.47. The van der Waals surface area contributed by atoms with Gasteiger partial charge in [0.1, 0.15) is 5.82 Å². The lowest BCUT2D eigenvalue weighted by Crippen LogP contribution is -2.28. The van der Waals surface area contributed by atoms with E-state index in [1.165, 1.54) is 18.9 Å². The van der Waals surface area contributed by atoms with Crippen molar-refractivity contribution in [1.29, 1.82) is 0 Å². The topological polar surface area (TPSA) is 12.0 Å². The molecule has 4 atom stereocenters. The van der Waals surface area contributed by atoms with Gasteiger partial charge in [-0.25, -0.2) is 4.39 Å². The highest BCUT2D eigenvalue weighted by molar-refractivity contribution is 5.20. The molecule has 1 fully saturated rings. The van der Waals surface area contributed by atoms with Gasteiger partial charge in [0.05, 0.1) is 0 Å². The molecule has 1 aromatic carbocycles. The Balaban J connectivity index is 1.57. The molecule has 4 unspecified atom stereocenters. The molecule has 96 valence electrons. The van der Waals surface area contributed by atoms with Crippen molar-refractivity contribution in [2.24, 2.45) is 17.8 Å². The first kappa shape index (κ1) is 11.9. The quantitative estimate of drug-likeness (QED) is 0.798. The molecular weight excluding hydrogens is 225 g/mol. The molecule has 3 rings (SSSR count). The molecule has 0 saturated heterocycles. The number of allylic oxidation sites excluding steroid dienone is 2. The summed E-state index contributed by atoms with van der Waals surface area (Å²) in [7, 11) is 0. The van der Waals surface area contributed by atoms with E-state index in [-0.39, 0.29) is 11.9 Å². The molecule has 0 heterocycles. The highest BCUT2D eigenvalue weighted by atomic mass is 19.1. The van der Waals surface area contributed by atoms with Crippen LogP contribution in [0.2, 0.25) is 0 Å². The fourth-order valence-electron chi connectivity index (χ4n) is 3.39. The van der Waals surface area contributed by atoms with Gasteiger partial charge in [0.15, 0.2) is 0 Å². The summed E-state index contributed by atoms with van der Waals surface area (Å²) in [5, 5.41) is 3.49. The Kier molecular flexibility index (Phi) is 3.21. The summed E-state index contributed by atoms with van der Waals surface area (Å²) in [4.78, 5) is 0. The molecule has 0 amide bonds. The van der Waals surface area contributed by atoms with E-state index in [1.54, 1.807) is 6.07 Å². The van der Waals surface area contributed by atoms with E-state index >= 15 is 0 Å². The zero-order valence-corrected chi connectivity index (χ0v) is 10.8. The van der Waals surface area contributed by atoms with E-state index in [4.69, 9.17) is 0 Å². The van der Waals surface area contributed by atoms with Gasteiger partial charge in [0, 0.05) is 11.6 Å². The van der Waals surface area contributed by atoms with E-state index in [0.717, 1.165) is 29.9 Å². The number of nitrogens with one attached hydrogen (secondary N) is 1. The molecule has 2 heteroatoms. The third kappa shape index (κ3) is 2.22. The molecule has 2 bridgehead atoms. The molecule has 2 aliphatic carbocycles. The Morgan fingerprint density at radius 1 is 1.28 bits per heavy atom. The van der Waals surface area contributed by atoms with Crippen molar-refractivity contribution in [2.45, 2.75) is 25.8 Å². The summed E-state index contributed by atoms with van der Waals surface area (Å²) >= 11 is 0. The normalized spacial score (nSPS) is 30.9. The van der Waals surface area contributed by atoms with Gasteiger partial charge in [0.2, 0.25) is 0 Å². The molecule has 2 aliphatic rings. The van der Waals surface area contributed by atoms with Gasteiger partial charge in [-0.05, 0) is 50.1 Å². The summed E-state index contributed by atoms with van der Waals surface area (Å²) in [5.74, 6) is 2.21. The summed E-state index contributed by atoms with van der Waals surface area (Å²) in [6, 6.07) is 7.14. The summed E-state index contributed by atoms with van der Waals surface area (Å²) in [6.45, 7) is 3.04. The van der Waals surface area contributed by atoms with E-state index in [0.29, 0.717) is 0 Å². The first-order valence-corrected chi connectivity index (χ1v) is 6.90. The van der Waals surface area contributed by atoms with Gasteiger partial charge < -0.3 is 5.32 Å². The fourth-order valence-corrected chi connectivity index (χ4v) is 3.39. The molecule has 1 N–H and O–H groups in total. The van der Waals surface area contributed by atoms with Crippen LogP contribution in [0, 0.1) is 23.6 Å². The van der Waals surface area contributed by atoms with Crippen LogP contribution in [0.4, 0.5) is 4.39 Å². The van der Waals surface area contributed by atoms with Crippen LogP contribution in [0.5, 0.6) is 0 Å². The number of rotatable bonds is 4. The van der Waals surface area contributed by atoms with Gasteiger partial charge >= 0.3 is 0 Å². The van der Waals surface area contributed by atoms with Crippen molar-refractivity contribution in [2.75, 3.05) is 6.54 Å². The number of hydrogen-bond acceptors (Lipinski definition) is 1. The third-order valence-electron chi connectivity index (χ3n) is 4.47.